The zero-order valence-corrected chi connectivity index (χ0v) is 20.1. The largest absolute Gasteiger partial charge is 0.481 e. The van der Waals surface area contributed by atoms with E-state index in [1.54, 1.807) is 12.1 Å². The van der Waals surface area contributed by atoms with Crippen LogP contribution in [0.2, 0.25) is 0 Å². The lowest BCUT2D eigenvalue weighted by atomic mass is 10.0. The fourth-order valence-electron chi connectivity index (χ4n) is 4.25. The summed E-state index contributed by atoms with van der Waals surface area (Å²) in [6.07, 6.45) is 4.96. The average Bonchev–Trinajstić information content (AvgIpc) is 3.23. The van der Waals surface area contributed by atoms with E-state index in [1.807, 2.05) is 19.9 Å². The van der Waals surface area contributed by atoms with Crippen LogP contribution in [0.5, 0.6) is 5.88 Å². The number of ether oxygens (including phenoxy) is 1. The van der Waals surface area contributed by atoms with Gasteiger partial charge in [0.15, 0.2) is 0 Å². The summed E-state index contributed by atoms with van der Waals surface area (Å²) in [6, 6.07) is 8.71. The summed E-state index contributed by atoms with van der Waals surface area (Å²) in [5.74, 6) is 0.0495. The summed E-state index contributed by atoms with van der Waals surface area (Å²) in [5, 5.41) is 15.5. The molecule has 1 atom stereocenters. The lowest BCUT2D eigenvalue weighted by molar-refractivity contribution is -0.137. The van der Waals surface area contributed by atoms with Crippen molar-refractivity contribution in [2.45, 2.75) is 52.0 Å². The van der Waals surface area contributed by atoms with Crippen LogP contribution in [0.4, 0.5) is 5.82 Å². The molecule has 0 radical (unpaired) electrons. The van der Waals surface area contributed by atoms with Gasteiger partial charge in [0.05, 0.1) is 19.1 Å². The molecular formula is C26H31N5O4. The number of carbonyl (C=O) groups excluding carboxylic acids is 1. The molecule has 1 amide bonds. The van der Waals surface area contributed by atoms with E-state index in [2.05, 4.69) is 32.7 Å². The van der Waals surface area contributed by atoms with Crippen molar-refractivity contribution in [3.05, 3.63) is 70.3 Å². The van der Waals surface area contributed by atoms with Gasteiger partial charge in [-0.1, -0.05) is 12.1 Å². The summed E-state index contributed by atoms with van der Waals surface area (Å²) in [7, 11) is 0. The maximum atomic E-state index is 13.0. The Hall–Kier alpha value is -3.88. The number of carboxylic acid groups (broad SMARTS) is 1. The molecule has 9 heteroatoms. The zero-order chi connectivity index (χ0) is 24.8. The van der Waals surface area contributed by atoms with Crippen LogP contribution in [0.3, 0.4) is 0 Å². The van der Waals surface area contributed by atoms with E-state index >= 15 is 0 Å². The highest BCUT2D eigenvalue weighted by atomic mass is 16.5. The second-order valence-corrected chi connectivity index (χ2v) is 8.66. The minimum Gasteiger partial charge on any atom is -0.481 e. The highest BCUT2D eigenvalue weighted by molar-refractivity contribution is 5.93. The number of nitrogens with zero attached hydrogens (tertiary/aromatic N) is 2. The second-order valence-electron chi connectivity index (χ2n) is 8.66. The number of rotatable bonds is 10. The summed E-state index contributed by atoms with van der Waals surface area (Å²) in [5.41, 5.74) is 5.19. The number of fused-ring (bicyclic) bond motifs is 1. The van der Waals surface area contributed by atoms with E-state index in [9.17, 15) is 14.7 Å². The Balaban J connectivity index is 1.42. The van der Waals surface area contributed by atoms with Gasteiger partial charge in [-0.15, -0.1) is 0 Å². The molecule has 4 N–H and O–H groups in total. The van der Waals surface area contributed by atoms with Crippen LogP contribution < -0.4 is 15.4 Å². The molecule has 35 heavy (non-hydrogen) atoms. The maximum Gasteiger partial charge on any atom is 0.305 e. The number of aromatic amines is 1. The van der Waals surface area contributed by atoms with Gasteiger partial charge in [0.2, 0.25) is 5.88 Å². The number of hydrogen-bond acceptors (Lipinski definition) is 6. The summed E-state index contributed by atoms with van der Waals surface area (Å²) >= 11 is 0. The van der Waals surface area contributed by atoms with Crippen LogP contribution >= 0.6 is 0 Å². The molecule has 0 saturated carbocycles. The Morgan fingerprint density at radius 1 is 1.23 bits per heavy atom. The molecule has 0 bridgehead atoms. The van der Waals surface area contributed by atoms with Crippen LogP contribution in [-0.2, 0) is 24.1 Å². The Morgan fingerprint density at radius 3 is 2.83 bits per heavy atom. The molecule has 1 aliphatic rings. The lowest BCUT2D eigenvalue weighted by Gasteiger charge is -2.17. The molecule has 0 fully saturated rings. The number of hydrogen-bond donors (Lipinski definition) is 4. The summed E-state index contributed by atoms with van der Waals surface area (Å²) in [4.78, 5) is 36.5. The Morgan fingerprint density at radius 2 is 2.09 bits per heavy atom. The molecule has 4 rings (SSSR count). The van der Waals surface area contributed by atoms with Gasteiger partial charge in [-0.25, -0.2) is 9.97 Å². The smallest absolute Gasteiger partial charge is 0.305 e. The summed E-state index contributed by atoms with van der Waals surface area (Å²) in [6.45, 7) is 5.22. The number of anilines is 1. The van der Waals surface area contributed by atoms with Crippen LogP contribution in [0.25, 0.3) is 0 Å². The van der Waals surface area contributed by atoms with Gasteiger partial charge in [-0.2, -0.15) is 0 Å². The van der Waals surface area contributed by atoms with Crippen LogP contribution in [0.1, 0.15) is 64.4 Å². The van der Waals surface area contributed by atoms with Crippen molar-refractivity contribution in [1.82, 2.24) is 20.3 Å². The predicted octanol–water partition coefficient (Wildman–Crippen LogP) is 3.60. The first-order valence-electron chi connectivity index (χ1n) is 12.0. The van der Waals surface area contributed by atoms with E-state index in [0.717, 1.165) is 55.0 Å². The number of aliphatic carboxylic acids is 1. The maximum absolute atomic E-state index is 13.0. The van der Waals surface area contributed by atoms with Gasteiger partial charge in [-0.3, -0.25) is 9.59 Å². The number of pyridine rings is 2. The Labute approximate surface area is 204 Å². The zero-order valence-electron chi connectivity index (χ0n) is 20.1. The molecule has 0 saturated heterocycles. The van der Waals surface area contributed by atoms with Gasteiger partial charge in [0, 0.05) is 30.2 Å². The number of H-pyrrole nitrogens is 1. The molecule has 3 aromatic heterocycles. The van der Waals surface area contributed by atoms with Gasteiger partial charge in [0.1, 0.15) is 11.5 Å². The van der Waals surface area contributed by atoms with Crippen molar-refractivity contribution in [1.29, 1.82) is 0 Å². The van der Waals surface area contributed by atoms with Gasteiger partial charge >= 0.3 is 5.97 Å². The first-order valence-corrected chi connectivity index (χ1v) is 12.0. The number of carboxylic acids is 1. The van der Waals surface area contributed by atoms with Gasteiger partial charge in [0.25, 0.3) is 5.91 Å². The number of aryl methyl sites for hydroxylation is 4. The van der Waals surface area contributed by atoms with E-state index in [4.69, 9.17) is 9.72 Å². The number of amides is 1. The molecule has 9 nitrogen and oxygen atoms in total. The highest BCUT2D eigenvalue weighted by Crippen LogP contribution is 2.22. The molecular weight excluding hydrogens is 446 g/mol. The second kappa shape index (κ2) is 11.0. The summed E-state index contributed by atoms with van der Waals surface area (Å²) < 4.78 is 5.34. The molecule has 0 spiro atoms. The third-order valence-corrected chi connectivity index (χ3v) is 6.11. The van der Waals surface area contributed by atoms with Crippen molar-refractivity contribution in [3.8, 4) is 5.88 Å². The fraction of sp³-hybridized carbons (Fsp3) is 0.385. The molecule has 3 aromatic rings. The highest BCUT2D eigenvalue weighted by Gasteiger charge is 2.21. The normalized spacial score (nSPS) is 13.4. The molecule has 0 aromatic carbocycles. The minimum absolute atomic E-state index is 0.258. The first kappa shape index (κ1) is 24.3. The van der Waals surface area contributed by atoms with E-state index in [1.165, 1.54) is 11.8 Å². The van der Waals surface area contributed by atoms with Crippen LogP contribution in [0.15, 0.2) is 36.5 Å². The minimum atomic E-state index is -1.01. The third kappa shape index (κ3) is 6.17. The average molecular weight is 478 g/mol. The van der Waals surface area contributed by atoms with E-state index in [0.29, 0.717) is 23.7 Å². The van der Waals surface area contributed by atoms with Crippen molar-refractivity contribution in [2.24, 2.45) is 0 Å². The van der Waals surface area contributed by atoms with Crippen molar-refractivity contribution >= 4 is 17.7 Å². The predicted molar refractivity (Wildman–Crippen MR) is 132 cm³/mol. The van der Waals surface area contributed by atoms with Crippen LogP contribution in [0, 0.1) is 6.92 Å². The van der Waals surface area contributed by atoms with Crippen molar-refractivity contribution in [3.63, 3.8) is 0 Å². The lowest BCUT2D eigenvalue weighted by Crippen LogP contribution is -2.30. The SMILES string of the molecule is CCOc1ccc([C@H](CC(=O)O)NC(=O)c2cc(CCc3ccc4c(n3)NCCC4)c(C)[nH]2)cn1. The standard InChI is InChI=1S/C26H31N5O4/c1-3-35-23-11-8-19(15-28-23)21(14-24(32)33)31-26(34)22-13-18(16(2)29-22)7-10-20-9-6-17-5-4-12-27-25(17)30-20/h6,8-9,11,13,15,21,29H,3-5,7,10,12,14H2,1-2H3,(H,27,30)(H,31,34)(H,32,33)/t21-/m0/s1. The van der Waals surface area contributed by atoms with Gasteiger partial charge in [-0.05, 0) is 68.4 Å². The van der Waals surface area contributed by atoms with E-state index < -0.39 is 12.0 Å². The number of carbonyl (C=O) groups is 2. The number of aromatic nitrogens is 3. The first-order chi connectivity index (χ1) is 16.9. The fourth-order valence-corrected chi connectivity index (χ4v) is 4.25. The monoisotopic (exact) mass is 477 g/mol. The molecule has 0 aliphatic carbocycles. The Kier molecular flexibility index (Phi) is 7.64. The molecule has 4 heterocycles. The number of nitrogens with one attached hydrogen (secondary N) is 3. The molecule has 184 valence electrons. The molecule has 0 unspecified atom stereocenters. The third-order valence-electron chi connectivity index (χ3n) is 6.11. The van der Waals surface area contributed by atoms with E-state index in [-0.39, 0.29) is 12.3 Å². The Bertz CT molecular complexity index is 1190. The van der Waals surface area contributed by atoms with Crippen molar-refractivity contribution < 1.29 is 19.4 Å². The molecule has 1 aliphatic heterocycles. The van der Waals surface area contributed by atoms with Crippen LogP contribution in [-0.4, -0.2) is 45.1 Å². The van der Waals surface area contributed by atoms with Gasteiger partial charge < -0.3 is 25.5 Å². The topological polar surface area (TPSA) is 129 Å². The quantitative estimate of drug-likeness (QED) is 0.351. The van der Waals surface area contributed by atoms with Crippen molar-refractivity contribution in [2.75, 3.05) is 18.5 Å².